The zero-order chi connectivity index (χ0) is 21.8. The van der Waals surface area contributed by atoms with E-state index >= 15 is 0 Å². The monoisotopic (exact) mass is 439 g/mol. The van der Waals surface area contributed by atoms with E-state index < -0.39 is 11.6 Å². The van der Waals surface area contributed by atoms with Crippen LogP contribution in [0.3, 0.4) is 0 Å². The first-order valence-electron chi connectivity index (χ1n) is 9.45. The molecule has 0 fully saturated rings. The second-order valence-corrected chi connectivity index (χ2v) is 7.51. The van der Waals surface area contributed by atoms with Gasteiger partial charge in [-0.2, -0.15) is 9.61 Å². The molecule has 2 aromatic heterocycles. The van der Waals surface area contributed by atoms with E-state index in [1.165, 1.54) is 23.9 Å². The number of nitrogens with one attached hydrogen (secondary N) is 1. The van der Waals surface area contributed by atoms with E-state index in [2.05, 4.69) is 15.5 Å². The highest BCUT2D eigenvalue weighted by molar-refractivity contribution is 7.99. The van der Waals surface area contributed by atoms with E-state index in [9.17, 15) is 14.0 Å². The molecule has 0 saturated carbocycles. The summed E-state index contributed by atoms with van der Waals surface area (Å²) in [7, 11) is 0. The molecule has 0 unspecified atom stereocenters. The van der Waals surface area contributed by atoms with E-state index in [4.69, 9.17) is 4.74 Å². The summed E-state index contributed by atoms with van der Waals surface area (Å²) in [5, 5.41) is 11.6. The van der Waals surface area contributed by atoms with Crippen LogP contribution in [0.15, 0.2) is 75.4 Å². The van der Waals surface area contributed by atoms with Crippen molar-refractivity contribution in [2.24, 2.45) is 0 Å². The van der Waals surface area contributed by atoms with Gasteiger partial charge in [-0.1, -0.05) is 30.0 Å². The zero-order valence-electron chi connectivity index (χ0n) is 16.5. The molecule has 31 heavy (non-hydrogen) atoms. The first-order valence-corrected chi connectivity index (χ1v) is 10.3. The van der Waals surface area contributed by atoms with Crippen molar-refractivity contribution >= 4 is 29.0 Å². The molecule has 1 amide bonds. The van der Waals surface area contributed by atoms with Gasteiger partial charge in [-0.05, 0) is 49.4 Å². The number of ether oxygens (including phenoxy) is 1. The predicted molar refractivity (Wildman–Crippen MR) is 114 cm³/mol. The Morgan fingerprint density at radius 1 is 1.13 bits per heavy atom. The lowest BCUT2D eigenvalue weighted by Crippen LogP contribution is -2.29. The summed E-state index contributed by atoms with van der Waals surface area (Å²) < 4.78 is 21.0. The van der Waals surface area contributed by atoms with Crippen molar-refractivity contribution in [3.63, 3.8) is 0 Å². The third-order valence-electron chi connectivity index (χ3n) is 4.19. The lowest BCUT2D eigenvalue weighted by molar-refractivity contribution is -0.117. The topological polar surface area (TPSA) is 90.5 Å². The minimum absolute atomic E-state index is 0.283. The number of hydrogen-bond acceptors (Lipinski definition) is 6. The van der Waals surface area contributed by atoms with Crippen LogP contribution in [0.25, 0.3) is 5.65 Å². The summed E-state index contributed by atoms with van der Waals surface area (Å²) >= 11 is 1.22. The zero-order valence-corrected chi connectivity index (χ0v) is 17.3. The highest BCUT2D eigenvalue weighted by atomic mass is 32.2. The number of halogens is 1. The maximum Gasteiger partial charge on any atom is 0.367 e. The van der Waals surface area contributed by atoms with Gasteiger partial charge in [0.1, 0.15) is 23.1 Å². The highest BCUT2D eigenvalue weighted by Crippen LogP contribution is 2.26. The molecular formula is C21H18FN5O3S. The Labute approximate surface area is 180 Å². The summed E-state index contributed by atoms with van der Waals surface area (Å²) in [5.74, 6) is -0.235. The fourth-order valence-corrected chi connectivity index (χ4v) is 3.70. The molecule has 0 saturated heterocycles. The number of rotatable bonds is 7. The molecule has 0 aliphatic carbocycles. The Hall–Kier alpha value is -3.66. The molecule has 0 radical (unpaired) electrons. The van der Waals surface area contributed by atoms with Crippen LogP contribution in [0.1, 0.15) is 6.92 Å². The van der Waals surface area contributed by atoms with Gasteiger partial charge in [-0.3, -0.25) is 4.79 Å². The number of amides is 1. The summed E-state index contributed by atoms with van der Waals surface area (Å²) in [4.78, 5) is 25.8. The van der Waals surface area contributed by atoms with Gasteiger partial charge in [-0.25, -0.2) is 13.9 Å². The number of hydrogen-bond donors (Lipinski definition) is 1. The molecule has 0 bridgehead atoms. The number of aromatic nitrogens is 4. The lowest BCUT2D eigenvalue weighted by Gasteiger charge is -2.10. The predicted octanol–water partition coefficient (Wildman–Crippen LogP) is 3.22. The molecule has 0 atom stereocenters. The van der Waals surface area contributed by atoms with Crippen molar-refractivity contribution < 1.29 is 13.9 Å². The lowest BCUT2D eigenvalue weighted by atomic mass is 10.3. The van der Waals surface area contributed by atoms with Crippen LogP contribution in [0.4, 0.5) is 10.1 Å². The van der Waals surface area contributed by atoms with Crippen LogP contribution in [0.2, 0.25) is 0 Å². The summed E-state index contributed by atoms with van der Waals surface area (Å²) in [5.41, 5.74) is 0.263. The summed E-state index contributed by atoms with van der Waals surface area (Å²) in [6.45, 7) is 2.03. The number of fused-ring (bicyclic) bond motifs is 1. The fourth-order valence-electron chi connectivity index (χ4n) is 2.88. The average molecular weight is 439 g/mol. The molecule has 2 aromatic carbocycles. The second-order valence-electron chi connectivity index (χ2n) is 6.42. The molecule has 2 heterocycles. The van der Waals surface area contributed by atoms with Gasteiger partial charge in [0.15, 0.2) is 5.65 Å². The maximum absolute atomic E-state index is 13.4. The fraction of sp³-hybridized carbons (Fsp3) is 0.143. The molecule has 4 aromatic rings. The van der Waals surface area contributed by atoms with Gasteiger partial charge in [0.25, 0.3) is 0 Å². The Balaban J connectivity index is 1.53. The number of para-hydroxylation sites is 2. The molecule has 0 aliphatic rings. The molecule has 8 nitrogen and oxygen atoms in total. The van der Waals surface area contributed by atoms with Gasteiger partial charge in [0.05, 0.1) is 12.3 Å². The van der Waals surface area contributed by atoms with E-state index in [-0.39, 0.29) is 12.4 Å². The van der Waals surface area contributed by atoms with E-state index in [1.807, 2.05) is 6.92 Å². The number of benzene rings is 2. The van der Waals surface area contributed by atoms with Gasteiger partial charge in [-0.15, -0.1) is 5.10 Å². The minimum atomic E-state index is -0.551. The van der Waals surface area contributed by atoms with Gasteiger partial charge < -0.3 is 10.1 Å². The first-order chi connectivity index (χ1) is 15.0. The van der Waals surface area contributed by atoms with E-state index in [1.54, 1.807) is 48.5 Å². The average Bonchev–Trinajstić information content (AvgIpc) is 3.05. The van der Waals surface area contributed by atoms with Crippen molar-refractivity contribution in [2.45, 2.75) is 23.4 Å². The van der Waals surface area contributed by atoms with E-state index in [0.29, 0.717) is 33.6 Å². The van der Waals surface area contributed by atoms with Crippen molar-refractivity contribution in [3.05, 3.63) is 77.0 Å². The van der Waals surface area contributed by atoms with Crippen LogP contribution in [0.5, 0.6) is 5.75 Å². The standard InChI is InChI=1S/C21H18FN5O3S/c1-2-30-17-9-4-3-8-16(17)23-19(28)13-26-21(29)27-18(24-26)10-11-20(25-27)31-15-7-5-6-14(22)12-15/h3-12H,2,13H2,1H3,(H,23,28). The third-order valence-corrected chi connectivity index (χ3v) is 5.11. The number of nitrogens with zero attached hydrogens (tertiary/aromatic N) is 4. The number of carbonyl (C=O) groups excluding carboxylic acids is 1. The summed E-state index contributed by atoms with van der Waals surface area (Å²) in [6.07, 6.45) is 0. The number of carbonyl (C=O) groups is 1. The molecule has 10 heteroatoms. The minimum Gasteiger partial charge on any atom is -0.492 e. The van der Waals surface area contributed by atoms with Crippen molar-refractivity contribution in [1.82, 2.24) is 19.4 Å². The van der Waals surface area contributed by atoms with Crippen LogP contribution < -0.4 is 15.7 Å². The normalized spacial score (nSPS) is 10.9. The SMILES string of the molecule is CCOc1ccccc1NC(=O)Cn1nc2ccc(Sc3cccc(F)c3)nn2c1=O. The Morgan fingerprint density at radius 2 is 1.97 bits per heavy atom. The number of anilines is 1. The smallest absolute Gasteiger partial charge is 0.367 e. The Morgan fingerprint density at radius 3 is 2.77 bits per heavy atom. The van der Waals surface area contributed by atoms with Gasteiger partial charge >= 0.3 is 5.69 Å². The van der Waals surface area contributed by atoms with Gasteiger partial charge in [0.2, 0.25) is 5.91 Å². The quantitative estimate of drug-likeness (QED) is 0.476. The Kier molecular flexibility index (Phi) is 5.99. The van der Waals surface area contributed by atoms with E-state index in [0.717, 1.165) is 9.20 Å². The molecule has 1 N–H and O–H groups in total. The van der Waals surface area contributed by atoms with Gasteiger partial charge in [0, 0.05) is 4.90 Å². The highest BCUT2D eigenvalue weighted by Gasteiger charge is 2.14. The molecule has 0 aliphatic heterocycles. The summed E-state index contributed by atoms with van der Waals surface area (Å²) in [6, 6.07) is 16.4. The second kappa shape index (κ2) is 9.00. The molecule has 158 valence electrons. The van der Waals surface area contributed by atoms with Crippen molar-refractivity contribution in [1.29, 1.82) is 0 Å². The Bertz CT molecular complexity index is 1300. The molecule has 0 spiro atoms. The van der Waals surface area contributed by atoms with Crippen LogP contribution in [-0.2, 0) is 11.3 Å². The van der Waals surface area contributed by atoms with Crippen LogP contribution in [-0.4, -0.2) is 31.9 Å². The third kappa shape index (κ3) is 4.75. The van der Waals surface area contributed by atoms with Crippen LogP contribution in [0, 0.1) is 5.82 Å². The maximum atomic E-state index is 13.4. The largest absolute Gasteiger partial charge is 0.492 e. The van der Waals surface area contributed by atoms with Crippen molar-refractivity contribution in [2.75, 3.05) is 11.9 Å². The molecule has 4 rings (SSSR count). The van der Waals surface area contributed by atoms with Crippen molar-refractivity contribution in [3.8, 4) is 5.75 Å². The first kappa shape index (κ1) is 20.6. The molecular weight excluding hydrogens is 421 g/mol. The van der Waals surface area contributed by atoms with Crippen LogP contribution >= 0.6 is 11.8 Å².